The smallest absolute Gasteiger partial charge is 0.221 e. The van der Waals surface area contributed by atoms with Crippen molar-refractivity contribution in [3.8, 4) is 0 Å². The third kappa shape index (κ3) is 4.36. The third-order valence-corrected chi connectivity index (χ3v) is 5.59. The molecule has 4 rings (SSSR count). The number of halogens is 1. The average Bonchev–Trinajstić information content (AvgIpc) is 3.17. The van der Waals surface area contributed by atoms with E-state index >= 15 is 0 Å². The summed E-state index contributed by atoms with van der Waals surface area (Å²) in [5, 5.41) is 4.97. The molecule has 0 unspecified atom stereocenters. The van der Waals surface area contributed by atoms with E-state index in [2.05, 4.69) is 22.4 Å². The van der Waals surface area contributed by atoms with Crippen molar-refractivity contribution < 1.29 is 4.79 Å². The van der Waals surface area contributed by atoms with E-state index in [0.29, 0.717) is 11.4 Å². The zero-order valence-corrected chi connectivity index (χ0v) is 17.0. The lowest BCUT2D eigenvalue weighted by atomic mass is 9.88. The van der Waals surface area contributed by atoms with Gasteiger partial charge in [0.1, 0.15) is 0 Å². The van der Waals surface area contributed by atoms with Crippen LogP contribution in [0.5, 0.6) is 0 Å². The number of benzene rings is 3. The largest absolute Gasteiger partial charge is 0.361 e. The van der Waals surface area contributed by atoms with Gasteiger partial charge in [-0.3, -0.25) is 4.79 Å². The summed E-state index contributed by atoms with van der Waals surface area (Å²) >= 11 is 6.09. The first-order chi connectivity index (χ1) is 14.1. The number of H-pyrrole nitrogens is 1. The van der Waals surface area contributed by atoms with E-state index in [-0.39, 0.29) is 17.9 Å². The van der Waals surface area contributed by atoms with E-state index in [1.807, 2.05) is 79.9 Å². The highest BCUT2D eigenvalue weighted by Crippen LogP contribution is 2.34. The molecule has 146 valence electrons. The molecule has 0 aliphatic heterocycles. The lowest BCUT2D eigenvalue weighted by Crippen LogP contribution is -2.28. The monoisotopic (exact) mass is 402 g/mol. The molecule has 4 aromatic rings. The molecule has 0 aliphatic carbocycles. The second-order valence-electron chi connectivity index (χ2n) is 7.30. The van der Waals surface area contributed by atoms with Crippen molar-refractivity contribution in [1.82, 2.24) is 10.3 Å². The number of fused-ring (bicyclic) bond motifs is 1. The van der Waals surface area contributed by atoms with Crippen LogP contribution in [0.2, 0.25) is 5.02 Å². The number of aromatic nitrogens is 1. The average molecular weight is 403 g/mol. The molecule has 0 bridgehead atoms. The number of nitrogens with one attached hydrogen (secondary N) is 2. The molecule has 0 spiro atoms. The minimum Gasteiger partial charge on any atom is -0.361 e. The molecule has 2 N–H and O–H groups in total. The van der Waals surface area contributed by atoms with Crippen molar-refractivity contribution in [2.45, 2.75) is 25.3 Å². The predicted octanol–water partition coefficient (Wildman–Crippen LogP) is 6.22. The zero-order valence-electron chi connectivity index (χ0n) is 16.2. The Labute approximate surface area is 175 Å². The van der Waals surface area contributed by atoms with E-state index < -0.39 is 0 Å². The van der Waals surface area contributed by atoms with Crippen molar-refractivity contribution >= 4 is 28.4 Å². The standard InChI is InChI=1S/C25H23ClN2O/c1-17(18-7-3-2-4-8-18)28-25(29)15-22(19-11-13-20(26)14-12-19)23-16-27-24-10-6-5-9-21(23)24/h2-14,16-17,22,27H,15H2,1H3,(H,28,29)/t17-,22+/m1/s1. The molecule has 4 heteroatoms. The summed E-state index contributed by atoms with van der Waals surface area (Å²) in [6.07, 6.45) is 2.37. The van der Waals surface area contributed by atoms with E-state index in [0.717, 1.165) is 27.6 Å². The Balaban J connectivity index is 1.62. The third-order valence-electron chi connectivity index (χ3n) is 5.34. The minimum atomic E-state index is -0.0635. The van der Waals surface area contributed by atoms with Gasteiger partial charge in [0, 0.05) is 34.5 Å². The molecule has 3 aromatic carbocycles. The summed E-state index contributed by atoms with van der Waals surface area (Å²) in [4.78, 5) is 16.3. The van der Waals surface area contributed by atoms with Crippen LogP contribution in [0.3, 0.4) is 0 Å². The van der Waals surface area contributed by atoms with Crippen LogP contribution >= 0.6 is 11.6 Å². The Kier molecular flexibility index (Phi) is 5.68. The quantitative estimate of drug-likeness (QED) is 0.395. The van der Waals surface area contributed by atoms with Crippen molar-refractivity contribution in [1.29, 1.82) is 0 Å². The van der Waals surface area contributed by atoms with Crippen LogP contribution in [0.4, 0.5) is 0 Å². The first kappa shape index (κ1) is 19.3. The molecule has 1 aromatic heterocycles. The van der Waals surface area contributed by atoms with Crippen molar-refractivity contribution in [3.63, 3.8) is 0 Å². The van der Waals surface area contributed by atoms with Crippen LogP contribution in [-0.4, -0.2) is 10.9 Å². The van der Waals surface area contributed by atoms with Gasteiger partial charge in [-0.2, -0.15) is 0 Å². The van der Waals surface area contributed by atoms with Gasteiger partial charge >= 0.3 is 0 Å². The highest BCUT2D eigenvalue weighted by molar-refractivity contribution is 6.30. The van der Waals surface area contributed by atoms with Crippen LogP contribution in [0, 0.1) is 0 Å². The zero-order chi connectivity index (χ0) is 20.2. The van der Waals surface area contributed by atoms with Gasteiger partial charge in [0.2, 0.25) is 5.91 Å². The lowest BCUT2D eigenvalue weighted by Gasteiger charge is -2.20. The molecule has 2 atom stereocenters. The fourth-order valence-electron chi connectivity index (χ4n) is 3.80. The summed E-state index contributed by atoms with van der Waals surface area (Å²) in [6.45, 7) is 2.01. The maximum atomic E-state index is 13.0. The van der Waals surface area contributed by atoms with E-state index in [4.69, 9.17) is 11.6 Å². The van der Waals surface area contributed by atoms with Gasteiger partial charge < -0.3 is 10.3 Å². The second kappa shape index (κ2) is 8.54. The van der Waals surface area contributed by atoms with Crippen LogP contribution in [0.1, 0.15) is 42.0 Å². The molecule has 0 saturated heterocycles. The molecule has 0 fully saturated rings. The first-order valence-corrected chi connectivity index (χ1v) is 10.2. The number of rotatable bonds is 6. The van der Waals surface area contributed by atoms with Gasteiger partial charge in [-0.15, -0.1) is 0 Å². The Morgan fingerprint density at radius 3 is 2.38 bits per heavy atom. The van der Waals surface area contributed by atoms with Gasteiger partial charge in [0.05, 0.1) is 6.04 Å². The highest BCUT2D eigenvalue weighted by atomic mass is 35.5. The Hall–Kier alpha value is -3.04. The van der Waals surface area contributed by atoms with Gasteiger partial charge in [-0.05, 0) is 41.8 Å². The van der Waals surface area contributed by atoms with Gasteiger partial charge in [0.15, 0.2) is 0 Å². The molecule has 0 aliphatic rings. The number of aromatic amines is 1. The molecular weight excluding hydrogens is 380 g/mol. The molecule has 0 saturated carbocycles. The molecule has 29 heavy (non-hydrogen) atoms. The summed E-state index contributed by atoms with van der Waals surface area (Å²) in [6, 6.07) is 25.9. The normalized spacial score (nSPS) is 13.2. The summed E-state index contributed by atoms with van der Waals surface area (Å²) in [7, 11) is 0. The number of carbonyl (C=O) groups excluding carboxylic acids is 1. The van der Waals surface area contributed by atoms with Gasteiger partial charge in [-0.1, -0.05) is 72.3 Å². The number of hydrogen-bond donors (Lipinski definition) is 2. The summed E-state index contributed by atoms with van der Waals surface area (Å²) < 4.78 is 0. The number of hydrogen-bond acceptors (Lipinski definition) is 1. The minimum absolute atomic E-state index is 0.0200. The fraction of sp³-hybridized carbons (Fsp3) is 0.160. The SMILES string of the molecule is C[C@@H](NC(=O)C[C@@H](c1ccc(Cl)cc1)c1c[nH]c2ccccc12)c1ccccc1. The van der Waals surface area contributed by atoms with Crippen LogP contribution < -0.4 is 5.32 Å². The fourth-order valence-corrected chi connectivity index (χ4v) is 3.92. The number of carbonyl (C=O) groups is 1. The Morgan fingerprint density at radius 1 is 0.931 bits per heavy atom. The maximum absolute atomic E-state index is 13.0. The van der Waals surface area contributed by atoms with Crippen molar-refractivity contribution in [3.05, 3.63) is 107 Å². The van der Waals surface area contributed by atoms with Crippen molar-refractivity contribution in [2.75, 3.05) is 0 Å². The van der Waals surface area contributed by atoms with E-state index in [1.165, 1.54) is 0 Å². The van der Waals surface area contributed by atoms with Crippen LogP contribution in [-0.2, 0) is 4.79 Å². The number of amides is 1. The molecular formula is C25H23ClN2O. The van der Waals surface area contributed by atoms with E-state index in [1.54, 1.807) is 0 Å². The molecule has 3 nitrogen and oxygen atoms in total. The molecule has 1 amide bonds. The predicted molar refractivity (Wildman–Crippen MR) is 119 cm³/mol. The molecule has 1 heterocycles. The highest BCUT2D eigenvalue weighted by Gasteiger charge is 2.22. The van der Waals surface area contributed by atoms with Gasteiger partial charge in [0.25, 0.3) is 0 Å². The Morgan fingerprint density at radius 2 is 1.62 bits per heavy atom. The first-order valence-electron chi connectivity index (χ1n) is 9.77. The number of para-hydroxylation sites is 1. The Bertz CT molecular complexity index is 1100. The summed E-state index contributed by atoms with van der Waals surface area (Å²) in [5.41, 5.74) is 4.35. The van der Waals surface area contributed by atoms with E-state index in [9.17, 15) is 4.79 Å². The van der Waals surface area contributed by atoms with Crippen molar-refractivity contribution in [2.24, 2.45) is 0 Å². The van der Waals surface area contributed by atoms with Crippen LogP contribution in [0.25, 0.3) is 10.9 Å². The molecule has 0 radical (unpaired) electrons. The topological polar surface area (TPSA) is 44.9 Å². The van der Waals surface area contributed by atoms with Gasteiger partial charge in [-0.25, -0.2) is 0 Å². The maximum Gasteiger partial charge on any atom is 0.221 e. The lowest BCUT2D eigenvalue weighted by molar-refractivity contribution is -0.121. The van der Waals surface area contributed by atoms with Crippen LogP contribution in [0.15, 0.2) is 85.1 Å². The summed E-state index contributed by atoms with van der Waals surface area (Å²) in [5.74, 6) is -0.0435. The second-order valence-corrected chi connectivity index (χ2v) is 7.73.